The molecule has 1 rings (SSSR count). The number of nitro groups is 1. The Balaban J connectivity index is 3.04. The zero-order valence-electron chi connectivity index (χ0n) is 13.4. The minimum Gasteiger partial charge on any atom is -0.384 e. The monoisotopic (exact) mass is 294 g/mol. The first-order valence-corrected chi connectivity index (χ1v) is 7.47. The van der Waals surface area contributed by atoms with Crippen LogP contribution in [0, 0.1) is 22.0 Å². The molecule has 0 atom stereocenters. The predicted molar refractivity (Wildman–Crippen MR) is 86.4 cm³/mol. The highest BCUT2D eigenvalue weighted by Gasteiger charge is 2.21. The fraction of sp³-hybridized carbons (Fsp3) is 0.667. The van der Waals surface area contributed by atoms with E-state index in [4.69, 9.17) is 5.73 Å². The van der Waals surface area contributed by atoms with Gasteiger partial charge in [0.25, 0.3) is 0 Å². The van der Waals surface area contributed by atoms with Gasteiger partial charge >= 0.3 is 5.69 Å². The zero-order chi connectivity index (χ0) is 16.0. The average molecular weight is 294 g/mol. The lowest BCUT2D eigenvalue weighted by molar-refractivity contribution is -0.384. The van der Waals surface area contributed by atoms with Crippen LogP contribution in [0.3, 0.4) is 0 Å². The van der Waals surface area contributed by atoms with Crippen molar-refractivity contribution in [3.8, 4) is 0 Å². The van der Waals surface area contributed by atoms with Crippen molar-refractivity contribution in [2.45, 2.75) is 40.5 Å². The summed E-state index contributed by atoms with van der Waals surface area (Å²) in [4.78, 5) is 17.0. The van der Waals surface area contributed by atoms with E-state index in [2.05, 4.69) is 32.7 Å². The van der Waals surface area contributed by atoms with Crippen LogP contribution in [0.1, 0.15) is 40.5 Å². The Morgan fingerprint density at radius 3 is 2.14 bits per heavy atom. The molecule has 0 aliphatic carbocycles. The molecule has 0 amide bonds. The summed E-state index contributed by atoms with van der Waals surface area (Å²) in [5, 5.41) is 11.2. The van der Waals surface area contributed by atoms with Crippen LogP contribution in [-0.2, 0) is 0 Å². The van der Waals surface area contributed by atoms with Crippen LogP contribution in [0.5, 0.6) is 0 Å². The molecule has 1 heterocycles. The Bertz CT molecular complexity index is 463. The normalized spacial score (nSPS) is 11.1. The van der Waals surface area contributed by atoms with Crippen molar-refractivity contribution in [2.24, 2.45) is 11.8 Å². The summed E-state index contributed by atoms with van der Waals surface area (Å²) in [7, 11) is 0. The molecular formula is C15H26N4O2. The molecule has 0 aliphatic rings. The highest BCUT2D eigenvalue weighted by Crippen LogP contribution is 2.28. The molecule has 6 heteroatoms. The van der Waals surface area contributed by atoms with Crippen LogP contribution in [0.2, 0.25) is 0 Å². The van der Waals surface area contributed by atoms with Crippen LogP contribution in [0.4, 0.5) is 17.3 Å². The number of aromatic nitrogens is 1. The second kappa shape index (κ2) is 7.81. The summed E-state index contributed by atoms with van der Waals surface area (Å²) in [5.41, 5.74) is 5.74. The lowest BCUT2D eigenvalue weighted by Crippen LogP contribution is -2.29. The van der Waals surface area contributed by atoms with Gasteiger partial charge in [0.2, 0.25) is 5.82 Å². The van der Waals surface area contributed by atoms with E-state index < -0.39 is 0 Å². The van der Waals surface area contributed by atoms with Gasteiger partial charge in [-0.3, -0.25) is 10.1 Å². The molecule has 0 saturated heterocycles. The fourth-order valence-corrected chi connectivity index (χ4v) is 1.98. The molecule has 0 aromatic carbocycles. The standard InChI is InChI=1S/C15H26N4O2/c1-11(2)7-9-18(10-8-12(3)4)15-13(19(20)21)5-6-14(16)17-15/h5-6,11-12H,7-10H2,1-4H3,(H2,16,17). The van der Waals surface area contributed by atoms with Gasteiger partial charge in [-0.1, -0.05) is 27.7 Å². The van der Waals surface area contributed by atoms with E-state index in [-0.39, 0.29) is 10.6 Å². The molecule has 0 saturated carbocycles. The molecule has 1 aromatic rings. The maximum atomic E-state index is 11.2. The van der Waals surface area contributed by atoms with Gasteiger partial charge in [-0.2, -0.15) is 0 Å². The van der Waals surface area contributed by atoms with Crippen molar-refractivity contribution < 1.29 is 4.92 Å². The number of anilines is 2. The summed E-state index contributed by atoms with van der Waals surface area (Å²) in [6.07, 6.45) is 1.93. The molecule has 2 N–H and O–H groups in total. The van der Waals surface area contributed by atoms with E-state index in [0.29, 0.717) is 23.5 Å². The quantitative estimate of drug-likeness (QED) is 0.586. The Kier molecular flexibility index (Phi) is 6.39. The van der Waals surface area contributed by atoms with Crippen LogP contribution in [0.15, 0.2) is 12.1 Å². The Labute approximate surface area is 126 Å². The third-order valence-electron chi connectivity index (χ3n) is 3.33. The number of pyridine rings is 1. The van der Waals surface area contributed by atoms with Crippen molar-refractivity contribution in [2.75, 3.05) is 23.7 Å². The van der Waals surface area contributed by atoms with Crippen LogP contribution >= 0.6 is 0 Å². The van der Waals surface area contributed by atoms with Crippen LogP contribution in [0.25, 0.3) is 0 Å². The maximum Gasteiger partial charge on any atom is 0.311 e. The lowest BCUT2D eigenvalue weighted by atomic mass is 10.1. The molecule has 118 valence electrons. The molecule has 0 bridgehead atoms. The number of hydrogen-bond donors (Lipinski definition) is 1. The molecule has 6 nitrogen and oxygen atoms in total. The lowest BCUT2D eigenvalue weighted by Gasteiger charge is -2.25. The molecular weight excluding hydrogens is 268 g/mol. The van der Waals surface area contributed by atoms with Crippen molar-refractivity contribution in [3.63, 3.8) is 0 Å². The second-order valence-electron chi connectivity index (χ2n) is 6.19. The summed E-state index contributed by atoms with van der Waals surface area (Å²) in [6, 6.07) is 2.92. The predicted octanol–water partition coefficient (Wildman–Crippen LogP) is 3.47. The molecule has 1 aromatic heterocycles. The minimum atomic E-state index is -0.389. The fourth-order valence-electron chi connectivity index (χ4n) is 1.98. The van der Waals surface area contributed by atoms with Gasteiger partial charge in [0.05, 0.1) is 4.92 Å². The van der Waals surface area contributed by atoms with Gasteiger partial charge in [-0.15, -0.1) is 0 Å². The van der Waals surface area contributed by atoms with E-state index in [0.717, 1.165) is 25.9 Å². The first-order valence-electron chi connectivity index (χ1n) is 7.47. The van der Waals surface area contributed by atoms with E-state index in [1.165, 1.54) is 12.1 Å². The number of nitrogens with two attached hydrogens (primary N) is 1. The van der Waals surface area contributed by atoms with Crippen molar-refractivity contribution >= 4 is 17.3 Å². The van der Waals surface area contributed by atoms with E-state index in [1.807, 2.05) is 4.90 Å². The Hall–Kier alpha value is -1.85. The largest absolute Gasteiger partial charge is 0.384 e. The number of nitrogen functional groups attached to an aromatic ring is 1. The van der Waals surface area contributed by atoms with E-state index in [9.17, 15) is 10.1 Å². The second-order valence-corrected chi connectivity index (χ2v) is 6.19. The summed E-state index contributed by atoms with van der Waals surface area (Å²) in [6.45, 7) is 10.1. The first kappa shape index (κ1) is 17.2. The minimum absolute atomic E-state index is 0.0247. The highest BCUT2D eigenvalue weighted by atomic mass is 16.6. The smallest absolute Gasteiger partial charge is 0.311 e. The van der Waals surface area contributed by atoms with Gasteiger partial charge in [-0.25, -0.2) is 4.98 Å². The van der Waals surface area contributed by atoms with Gasteiger partial charge in [0.1, 0.15) is 5.82 Å². The molecule has 0 spiro atoms. The highest BCUT2D eigenvalue weighted by molar-refractivity contribution is 5.61. The van der Waals surface area contributed by atoms with Crippen molar-refractivity contribution in [3.05, 3.63) is 22.2 Å². The summed E-state index contributed by atoms with van der Waals surface area (Å²) >= 11 is 0. The third-order valence-corrected chi connectivity index (χ3v) is 3.33. The van der Waals surface area contributed by atoms with Crippen LogP contribution < -0.4 is 10.6 Å². The average Bonchev–Trinajstić information content (AvgIpc) is 2.37. The Morgan fingerprint density at radius 2 is 1.71 bits per heavy atom. The zero-order valence-corrected chi connectivity index (χ0v) is 13.4. The van der Waals surface area contributed by atoms with E-state index in [1.54, 1.807) is 0 Å². The SMILES string of the molecule is CC(C)CCN(CCC(C)C)c1nc(N)ccc1[N+](=O)[O-]. The first-order chi connectivity index (χ1) is 9.81. The van der Waals surface area contributed by atoms with Crippen LogP contribution in [-0.4, -0.2) is 23.0 Å². The van der Waals surface area contributed by atoms with Crippen molar-refractivity contribution in [1.29, 1.82) is 0 Å². The molecule has 0 radical (unpaired) electrons. The van der Waals surface area contributed by atoms with Gasteiger partial charge in [0, 0.05) is 19.2 Å². The van der Waals surface area contributed by atoms with E-state index >= 15 is 0 Å². The molecule has 0 unspecified atom stereocenters. The third kappa shape index (κ3) is 5.57. The van der Waals surface area contributed by atoms with Crippen molar-refractivity contribution in [1.82, 2.24) is 4.98 Å². The molecule has 0 aliphatic heterocycles. The number of rotatable bonds is 8. The Morgan fingerprint density at radius 1 is 1.19 bits per heavy atom. The topological polar surface area (TPSA) is 85.3 Å². The summed E-state index contributed by atoms with van der Waals surface area (Å²) in [5.74, 6) is 1.77. The number of hydrogen-bond acceptors (Lipinski definition) is 5. The van der Waals surface area contributed by atoms with Gasteiger partial charge in [-0.05, 0) is 30.7 Å². The molecule has 21 heavy (non-hydrogen) atoms. The van der Waals surface area contributed by atoms with Gasteiger partial charge < -0.3 is 10.6 Å². The van der Waals surface area contributed by atoms with Gasteiger partial charge in [0.15, 0.2) is 0 Å². The number of nitrogens with zero attached hydrogens (tertiary/aromatic N) is 3. The maximum absolute atomic E-state index is 11.2. The summed E-state index contributed by atoms with van der Waals surface area (Å²) < 4.78 is 0. The molecule has 0 fully saturated rings.